The van der Waals surface area contributed by atoms with Crippen molar-refractivity contribution in [2.24, 2.45) is 17.8 Å². The van der Waals surface area contributed by atoms with Gasteiger partial charge in [0.2, 0.25) is 11.8 Å². The van der Waals surface area contributed by atoms with Crippen LogP contribution in [-0.4, -0.2) is 42.7 Å². The third kappa shape index (κ3) is 6.35. The van der Waals surface area contributed by atoms with Crippen molar-refractivity contribution in [1.82, 2.24) is 0 Å². The van der Waals surface area contributed by atoms with Gasteiger partial charge in [0.15, 0.2) is 11.6 Å². The number of anilines is 1. The molecule has 0 radical (unpaired) electrons. The zero-order valence-electron chi connectivity index (χ0n) is 30.7. The normalized spacial score (nSPS) is 21.9. The molecule has 1 fully saturated rings. The number of benzene rings is 4. The number of ether oxygens (including phenoxy) is 3. The Morgan fingerprint density at radius 1 is 0.818 bits per heavy atom. The van der Waals surface area contributed by atoms with E-state index in [4.69, 9.17) is 14.2 Å². The fourth-order valence-electron chi connectivity index (χ4n) is 8.48. The van der Waals surface area contributed by atoms with Gasteiger partial charge in [-0.2, -0.15) is 0 Å². The number of rotatable bonds is 9. The van der Waals surface area contributed by atoms with Crippen molar-refractivity contribution < 1.29 is 38.5 Å². The predicted octanol–water partition coefficient (Wildman–Crippen LogP) is 7.79. The molecule has 9 heteroatoms. The molecule has 1 saturated heterocycles. The average molecular weight is 734 g/mol. The summed E-state index contributed by atoms with van der Waals surface area (Å²) >= 11 is 0. The van der Waals surface area contributed by atoms with Gasteiger partial charge < -0.3 is 19.3 Å². The van der Waals surface area contributed by atoms with E-state index in [2.05, 4.69) is 0 Å². The molecule has 55 heavy (non-hydrogen) atoms. The number of ketones is 2. The number of carbonyl (C=O) groups excluding carboxylic acids is 4. The van der Waals surface area contributed by atoms with Gasteiger partial charge in [-0.15, -0.1) is 0 Å². The van der Waals surface area contributed by atoms with E-state index < -0.39 is 23.7 Å². The third-order valence-electron chi connectivity index (χ3n) is 11.2. The first-order valence-electron chi connectivity index (χ1n) is 18.2. The van der Waals surface area contributed by atoms with Gasteiger partial charge in [0.1, 0.15) is 29.6 Å². The standard InChI is InChI=1S/C46H39NO8/c1-26-21-39(49)43-37(44(26)50)24-36-33(41(43)34-17-15-32(23-38(34)48)55-25-28-7-5-4-6-8-28)18-19-35-42(36)46(52)47(45(35)51)30-13-10-27(11-14-30)9-12-29-22-31(53-2)16-20-40(29)54-3/h4-18,20-23,35-36,41-42,48H,19,24-25H2,1-3H3. The average Bonchev–Trinajstić information content (AvgIpc) is 3.47. The Kier molecular flexibility index (Phi) is 9.30. The van der Waals surface area contributed by atoms with Crippen molar-refractivity contribution in [2.75, 3.05) is 19.1 Å². The van der Waals surface area contributed by atoms with Crippen LogP contribution < -0.4 is 19.1 Å². The molecule has 1 heterocycles. The number of carbonyl (C=O) groups is 4. The molecule has 8 rings (SSSR count). The van der Waals surface area contributed by atoms with E-state index in [-0.39, 0.29) is 42.0 Å². The summed E-state index contributed by atoms with van der Waals surface area (Å²) in [6.07, 6.45) is 7.55. The number of fused-ring (bicyclic) bond motifs is 3. The predicted molar refractivity (Wildman–Crippen MR) is 208 cm³/mol. The fourth-order valence-corrected chi connectivity index (χ4v) is 8.48. The lowest BCUT2D eigenvalue weighted by molar-refractivity contribution is -0.123. The van der Waals surface area contributed by atoms with Gasteiger partial charge >= 0.3 is 0 Å². The Balaban J connectivity index is 1.09. The molecule has 9 nitrogen and oxygen atoms in total. The molecule has 276 valence electrons. The summed E-state index contributed by atoms with van der Waals surface area (Å²) < 4.78 is 16.8. The first-order valence-corrected chi connectivity index (χ1v) is 18.2. The summed E-state index contributed by atoms with van der Waals surface area (Å²) in [4.78, 5) is 57.2. The first kappa shape index (κ1) is 35.5. The van der Waals surface area contributed by atoms with E-state index in [9.17, 15) is 24.3 Å². The summed E-state index contributed by atoms with van der Waals surface area (Å²) in [5.74, 6) is -2.12. The molecule has 0 bridgehead atoms. The van der Waals surface area contributed by atoms with E-state index in [1.54, 1.807) is 45.4 Å². The van der Waals surface area contributed by atoms with Gasteiger partial charge in [0.05, 0.1) is 31.7 Å². The van der Waals surface area contributed by atoms with Gasteiger partial charge in [-0.3, -0.25) is 24.1 Å². The number of imide groups is 1. The van der Waals surface area contributed by atoms with E-state index in [1.165, 1.54) is 17.0 Å². The second-order valence-corrected chi connectivity index (χ2v) is 14.3. The van der Waals surface area contributed by atoms with Crippen LogP contribution in [0.1, 0.15) is 47.9 Å². The molecule has 3 aliphatic carbocycles. The zero-order valence-corrected chi connectivity index (χ0v) is 30.7. The highest BCUT2D eigenvalue weighted by Crippen LogP contribution is 2.56. The maximum Gasteiger partial charge on any atom is 0.238 e. The van der Waals surface area contributed by atoms with Crippen LogP contribution in [0, 0.1) is 17.8 Å². The Morgan fingerprint density at radius 2 is 1.58 bits per heavy atom. The molecule has 0 spiro atoms. The van der Waals surface area contributed by atoms with Gasteiger partial charge in [-0.1, -0.05) is 72.3 Å². The number of hydrogen-bond acceptors (Lipinski definition) is 8. The largest absolute Gasteiger partial charge is 0.507 e. The number of aromatic hydroxyl groups is 1. The topological polar surface area (TPSA) is 119 Å². The van der Waals surface area contributed by atoms with Crippen LogP contribution in [0.15, 0.2) is 125 Å². The molecule has 4 unspecified atom stereocenters. The van der Waals surface area contributed by atoms with Gasteiger partial charge in [0.25, 0.3) is 0 Å². The van der Waals surface area contributed by atoms with Crippen molar-refractivity contribution in [3.63, 3.8) is 0 Å². The number of nitrogens with zero attached hydrogens (tertiary/aromatic N) is 1. The number of allylic oxidation sites excluding steroid dienone is 6. The van der Waals surface area contributed by atoms with Crippen molar-refractivity contribution in [2.45, 2.75) is 32.3 Å². The van der Waals surface area contributed by atoms with Crippen LogP contribution in [0.5, 0.6) is 23.0 Å². The quantitative estimate of drug-likeness (QED) is 0.0802. The highest BCUT2D eigenvalue weighted by atomic mass is 16.5. The number of phenolic OH excluding ortho intramolecular Hbond substituents is 1. The van der Waals surface area contributed by atoms with Crippen LogP contribution >= 0.6 is 0 Å². The maximum absolute atomic E-state index is 14.4. The van der Waals surface area contributed by atoms with Crippen LogP contribution in [0.2, 0.25) is 0 Å². The Labute approximate surface area is 318 Å². The maximum atomic E-state index is 14.4. The number of methoxy groups -OCH3 is 2. The molecule has 4 aliphatic rings. The minimum absolute atomic E-state index is 0.0907. The van der Waals surface area contributed by atoms with Gasteiger partial charge in [-0.25, -0.2) is 0 Å². The highest BCUT2D eigenvalue weighted by molar-refractivity contribution is 6.25. The summed E-state index contributed by atoms with van der Waals surface area (Å²) in [6.45, 7) is 1.92. The fraction of sp³-hybridized carbons (Fsp3) is 0.217. The van der Waals surface area contributed by atoms with E-state index >= 15 is 0 Å². The lowest BCUT2D eigenvalue weighted by Crippen LogP contribution is -2.39. The SMILES string of the molecule is COc1ccc(OC)c(C=Cc2ccc(N3C(=O)C4CC=C5C(c6ccc(OCc7ccccc7)cc6O)C6=C(CC5C4C3=O)C(=O)C(C)=CC6=O)cc2)c1. The minimum Gasteiger partial charge on any atom is -0.507 e. The molecule has 0 saturated carbocycles. The molecular weight excluding hydrogens is 695 g/mol. The number of phenols is 1. The first-order chi connectivity index (χ1) is 26.7. The number of amides is 2. The van der Waals surface area contributed by atoms with E-state index in [0.717, 1.165) is 22.3 Å². The Bertz CT molecular complexity index is 2370. The summed E-state index contributed by atoms with van der Waals surface area (Å²) in [5, 5.41) is 11.5. The molecular formula is C46H39NO8. The Hall–Kier alpha value is -6.48. The molecule has 2 amide bonds. The summed E-state index contributed by atoms with van der Waals surface area (Å²) in [6, 6.07) is 27.4. The van der Waals surface area contributed by atoms with Crippen molar-refractivity contribution >= 4 is 41.2 Å². The summed E-state index contributed by atoms with van der Waals surface area (Å²) in [5.41, 5.74) is 5.28. The third-order valence-corrected chi connectivity index (χ3v) is 11.2. The van der Waals surface area contributed by atoms with Crippen LogP contribution in [0.4, 0.5) is 5.69 Å². The molecule has 1 N–H and O–H groups in total. The van der Waals surface area contributed by atoms with Crippen LogP contribution in [-0.2, 0) is 25.8 Å². The van der Waals surface area contributed by atoms with Gasteiger partial charge in [0, 0.05) is 39.8 Å². The molecule has 0 aromatic heterocycles. The lowest BCUT2D eigenvalue weighted by Gasteiger charge is -2.42. The summed E-state index contributed by atoms with van der Waals surface area (Å²) in [7, 11) is 3.21. The highest BCUT2D eigenvalue weighted by Gasteiger charge is 2.56. The molecule has 1 aliphatic heterocycles. The second-order valence-electron chi connectivity index (χ2n) is 14.3. The van der Waals surface area contributed by atoms with Gasteiger partial charge in [-0.05, 0) is 79.3 Å². The molecule has 4 aromatic rings. The molecule has 4 aromatic carbocycles. The monoisotopic (exact) mass is 733 g/mol. The Morgan fingerprint density at radius 3 is 2.31 bits per heavy atom. The van der Waals surface area contributed by atoms with Crippen molar-refractivity contribution in [1.29, 1.82) is 0 Å². The second kappa shape index (κ2) is 14.4. The minimum atomic E-state index is -0.773. The lowest BCUT2D eigenvalue weighted by atomic mass is 9.59. The van der Waals surface area contributed by atoms with Crippen molar-refractivity contribution in [3.05, 3.63) is 148 Å². The number of Topliss-reactive ketones (excluding diaryl/α,β-unsaturated/α-hetero) is 1. The number of hydrogen-bond donors (Lipinski definition) is 1. The van der Waals surface area contributed by atoms with Crippen LogP contribution in [0.3, 0.4) is 0 Å². The van der Waals surface area contributed by atoms with E-state index in [0.29, 0.717) is 51.8 Å². The zero-order chi connectivity index (χ0) is 38.4. The smallest absolute Gasteiger partial charge is 0.238 e. The van der Waals surface area contributed by atoms with E-state index in [1.807, 2.05) is 78.9 Å². The molecule has 4 atom stereocenters. The van der Waals surface area contributed by atoms with Crippen LogP contribution in [0.25, 0.3) is 12.2 Å². The van der Waals surface area contributed by atoms with Crippen molar-refractivity contribution in [3.8, 4) is 23.0 Å².